The van der Waals surface area contributed by atoms with Gasteiger partial charge in [-0.15, -0.1) is 0 Å². The van der Waals surface area contributed by atoms with E-state index in [1.165, 1.54) is 26.4 Å². The van der Waals surface area contributed by atoms with Gasteiger partial charge in [0.25, 0.3) is 0 Å². The lowest BCUT2D eigenvalue weighted by Gasteiger charge is -2.61. The Hall–Kier alpha value is -3.12. The van der Waals surface area contributed by atoms with E-state index in [0.717, 1.165) is 11.1 Å². The van der Waals surface area contributed by atoms with Crippen LogP contribution in [-0.2, 0) is 57.1 Å². The molecule has 8 N–H and O–H groups in total. The van der Waals surface area contributed by atoms with Crippen LogP contribution in [0.1, 0.15) is 157 Å². The smallest absolute Gasteiger partial charge is 0.331 e. The van der Waals surface area contributed by atoms with E-state index < -0.39 is 130 Å². The van der Waals surface area contributed by atoms with Crippen molar-refractivity contribution in [1.29, 1.82) is 0 Å². The van der Waals surface area contributed by atoms with Crippen molar-refractivity contribution in [1.82, 2.24) is 0 Å². The average molecular weight is 1160 g/mol. The van der Waals surface area contributed by atoms with E-state index in [2.05, 4.69) is 27.7 Å². The van der Waals surface area contributed by atoms with Gasteiger partial charge < -0.3 is 78.7 Å². The van der Waals surface area contributed by atoms with E-state index in [-0.39, 0.29) is 73.4 Å². The van der Waals surface area contributed by atoms with Crippen LogP contribution in [0.5, 0.6) is 0 Å². The maximum Gasteiger partial charge on any atom is 0.331 e. The van der Waals surface area contributed by atoms with Gasteiger partial charge in [0.1, 0.15) is 49.8 Å². The molecule has 0 aromatic heterocycles. The maximum absolute atomic E-state index is 13.6. The van der Waals surface area contributed by atoms with Crippen LogP contribution in [0, 0.1) is 69.0 Å². The minimum absolute atomic E-state index is 0.0642. The Labute approximate surface area is 481 Å². The minimum atomic E-state index is -1.68. The molecule has 0 amide bonds. The molecular weight excluding hydrogens is 1060 g/mol. The van der Waals surface area contributed by atoms with Crippen molar-refractivity contribution in [3.05, 3.63) is 23.3 Å². The zero-order valence-electron chi connectivity index (χ0n) is 49.3. The number of rotatable bonds is 15. The first-order valence-corrected chi connectivity index (χ1v) is 30.7. The molecule has 0 radical (unpaired) electrons. The number of carbonyl (C=O) groups is 4. The summed E-state index contributed by atoms with van der Waals surface area (Å²) < 4.78 is 48.0. The van der Waals surface area contributed by atoms with Crippen LogP contribution in [0.3, 0.4) is 0 Å². The molecule has 6 aliphatic heterocycles. The Morgan fingerprint density at radius 1 is 0.573 bits per heavy atom. The van der Waals surface area contributed by atoms with Crippen LogP contribution < -0.4 is 0 Å². The van der Waals surface area contributed by atoms with Crippen molar-refractivity contribution < 1.29 is 97.9 Å². The van der Waals surface area contributed by atoms with Crippen LogP contribution in [0.2, 0.25) is 0 Å². The quantitative estimate of drug-likeness (QED) is 0.0646. The maximum atomic E-state index is 13.6. The standard InChI is InChI=1S/C62H94O20/c1-31-37-15-23-61(51(69)49(47(67)53(71)81-61)79-39(31)27-41-57(37,3)19-17-43(63)59(41,5)55(73)75-7)21-13-33(35-25-45(65)77-29-35)11-9-10-12-34(36-26-46(66)78-30-36)14-22-62-24-16-38-32(2)40(80-50(52(62)70)48(68)54(72)82-62)28-42-58(38,4)20-18-44(64)60(42,6)56(74)76-8/h25-26,31-34,37-44,47-54,63-64,67-72H,9-24,27-30H2,1-8H3/t31-,32+,33?,34?,37+,38-,39+,40-,41-,42+,43-,44+,47?,48?,49-,50+,51?,52?,53?,54?,57-,58+,59+,60-,61?,62?. The number of esters is 4. The number of aliphatic hydroxyl groups is 8. The first kappa shape index (κ1) is 61.9. The highest BCUT2D eigenvalue weighted by molar-refractivity contribution is 5.85. The van der Waals surface area contributed by atoms with Crippen LogP contribution in [0.15, 0.2) is 23.3 Å². The Morgan fingerprint density at radius 2 is 0.951 bits per heavy atom. The molecule has 26 atom stereocenters. The molecule has 10 aliphatic rings. The molecule has 10 rings (SSSR count). The lowest BCUT2D eigenvalue weighted by atomic mass is 9.44. The number of aliphatic hydroxyl groups excluding tert-OH is 8. The number of ether oxygens (including phenoxy) is 8. The monoisotopic (exact) mass is 1160 g/mol. The SMILES string of the molecule is COC(=O)[C@@]1(C)[C@@H](O)CC[C@@]2(C)[C@@H]3CCC4(CCC(CCCCC(CCC56CC[C@H]7[C@@H](C)[C@H](C[C@@H]8[C@]7(C)CC[C@@H](O)[C@@]8(C)C(=O)OC)O[C@H](C(O)C(O)O5)C6O)C5=CC(=O)OC5)C5=CC(=O)OC5)OC(O)C(O)[C@H](O[C@H](C[C@@H]21)[C@H]3C)C4O. The minimum Gasteiger partial charge on any atom is -0.469 e. The van der Waals surface area contributed by atoms with Gasteiger partial charge in [0.15, 0.2) is 12.6 Å². The third-order valence-corrected chi connectivity index (χ3v) is 24.4. The van der Waals surface area contributed by atoms with E-state index in [9.17, 15) is 60.0 Å². The zero-order valence-corrected chi connectivity index (χ0v) is 49.3. The van der Waals surface area contributed by atoms with E-state index in [0.29, 0.717) is 103 Å². The summed E-state index contributed by atoms with van der Waals surface area (Å²) in [5.41, 5.74) is -4.53. The molecular formula is C62H94O20. The fraction of sp³-hybridized carbons (Fsp3) is 0.871. The highest BCUT2D eigenvalue weighted by Crippen LogP contribution is 2.66. The Balaban J connectivity index is 0.863. The summed E-state index contributed by atoms with van der Waals surface area (Å²) in [5, 5.41) is 93.8. The van der Waals surface area contributed by atoms with Crippen LogP contribution >= 0.6 is 0 Å². The summed E-state index contributed by atoms with van der Waals surface area (Å²) in [5.74, 6) is -3.33. The number of methoxy groups -OCH3 is 2. The van der Waals surface area contributed by atoms with Gasteiger partial charge in [0.2, 0.25) is 0 Å². The highest BCUT2D eigenvalue weighted by atomic mass is 16.7. The van der Waals surface area contributed by atoms with Gasteiger partial charge in [-0.3, -0.25) is 9.59 Å². The largest absolute Gasteiger partial charge is 0.469 e. The fourth-order valence-corrected chi connectivity index (χ4v) is 19.3. The van der Waals surface area contributed by atoms with Gasteiger partial charge in [-0.1, -0.05) is 40.5 Å². The predicted molar refractivity (Wildman–Crippen MR) is 290 cm³/mol. The number of carbonyl (C=O) groups excluding carboxylic acids is 4. The number of fused-ring (bicyclic) bond motifs is 12. The molecule has 20 heteroatoms. The lowest BCUT2D eigenvalue weighted by Crippen LogP contribution is -2.66. The summed E-state index contributed by atoms with van der Waals surface area (Å²) in [4.78, 5) is 52.6. The van der Waals surface area contributed by atoms with Gasteiger partial charge in [0, 0.05) is 12.2 Å². The van der Waals surface area contributed by atoms with Crippen molar-refractivity contribution in [2.45, 2.75) is 242 Å². The number of hydrogen-bond donors (Lipinski definition) is 8. The summed E-state index contributed by atoms with van der Waals surface area (Å²) in [6.45, 7) is 12.3. The fourth-order valence-electron chi connectivity index (χ4n) is 19.3. The van der Waals surface area contributed by atoms with Crippen molar-refractivity contribution in [3.63, 3.8) is 0 Å². The van der Waals surface area contributed by atoms with Gasteiger partial charge in [-0.05, 0) is 186 Å². The van der Waals surface area contributed by atoms with E-state index in [4.69, 9.17) is 37.9 Å². The zero-order chi connectivity index (χ0) is 59.2. The second-order valence-electron chi connectivity index (χ2n) is 28.0. The van der Waals surface area contributed by atoms with E-state index >= 15 is 0 Å². The lowest BCUT2D eigenvalue weighted by molar-refractivity contribution is -0.335. The summed E-state index contributed by atoms with van der Waals surface area (Å²) in [6.07, 6.45) is -3.34. The first-order chi connectivity index (χ1) is 38.7. The molecule has 0 aromatic rings. The highest BCUT2D eigenvalue weighted by Gasteiger charge is 2.68. The molecule has 0 aromatic carbocycles. The second kappa shape index (κ2) is 23.2. The molecule has 462 valence electrons. The molecule has 4 saturated carbocycles. The van der Waals surface area contributed by atoms with E-state index in [1.807, 2.05) is 0 Å². The summed E-state index contributed by atoms with van der Waals surface area (Å²) in [7, 11) is 2.66. The molecule has 4 aliphatic carbocycles. The molecule has 82 heavy (non-hydrogen) atoms. The number of cyclic esters (lactones) is 2. The van der Waals surface area contributed by atoms with Crippen LogP contribution in [0.25, 0.3) is 0 Å². The summed E-state index contributed by atoms with van der Waals surface area (Å²) in [6, 6.07) is 0. The predicted octanol–water partition coefficient (Wildman–Crippen LogP) is 4.24. The Kier molecular flexibility index (Phi) is 17.5. The molecule has 6 heterocycles. The van der Waals surface area contributed by atoms with Gasteiger partial charge in [0.05, 0.1) is 60.7 Å². The number of unbranched alkanes of at least 4 members (excludes halogenated alkanes) is 1. The van der Waals surface area contributed by atoms with Crippen LogP contribution in [0.4, 0.5) is 0 Å². The normalized spacial score (nSPS) is 48.8. The topological polar surface area (TPSA) is 304 Å². The van der Waals surface area contributed by atoms with Gasteiger partial charge >= 0.3 is 23.9 Å². The average Bonchev–Trinajstić information content (AvgIpc) is 3.99. The van der Waals surface area contributed by atoms with Crippen molar-refractivity contribution in [3.8, 4) is 0 Å². The van der Waals surface area contributed by atoms with Crippen molar-refractivity contribution in [2.24, 2.45) is 69.0 Å². The molecule has 20 nitrogen and oxygen atoms in total. The third kappa shape index (κ3) is 10.2. The molecule has 10 unspecified atom stereocenters. The van der Waals surface area contributed by atoms with Gasteiger partial charge in [-0.25, -0.2) is 9.59 Å². The third-order valence-electron chi connectivity index (χ3n) is 24.4. The molecule has 0 spiro atoms. The van der Waals surface area contributed by atoms with Crippen molar-refractivity contribution >= 4 is 23.9 Å². The van der Waals surface area contributed by atoms with Crippen LogP contribution in [-0.4, -0.2) is 177 Å². The van der Waals surface area contributed by atoms with Crippen molar-refractivity contribution in [2.75, 3.05) is 27.4 Å². The Bertz CT molecular complexity index is 2290. The second-order valence-corrected chi connectivity index (χ2v) is 28.0. The Morgan fingerprint density at radius 3 is 1.29 bits per heavy atom. The molecule has 4 saturated heterocycles. The molecule has 8 fully saturated rings. The number of hydrogen-bond acceptors (Lipinski definition) is 20. The van der Waals surface area contributed by atoms with E-state index in [1.54, 1.807) is 13.8 Å². The van der Waals surface area contributed by atoms with Gasteiger partial charge in [-0.2, -0.15) is 0 Å². The first-order valence-electron chi connectivity index (χ1n) is 30.7. The molecule has 8 bridgehead atoms. The summed E-state index contributed by atoms with van der Waals surface area (Å²) >= 11 is 0.